The van der Waals surface area contributed by atoms with Gasteiger partial charge >= 0.3 is 0 Å². The van der Waals surface area contributed by atoms with Crippen LogP contribution in [0.2, 0.25) is 0 Å². The molecule has 136 valence electrons. The van der Waals surface area contributed by atoms with Crippen molar-refractivity contribution in [2.24, 2.45) is 5.10 Å². The Labute approximate surface area is 157 Å². The number of nitrogens with one attached hydrogen (secondary N) is 1. The fourth-order valence-electron chi connectivity index (χ4n) is 2.40. The van der Waals surface area contributed by atoms with Crippen LogP contribution in [0.15, 0.2) is 77.9 Å². The highest BCUT2D eigenvalue weighted by molar-refractivity contribution is 5.80. The van der Waals surface area contributed by atoms with Gasteiger partial charge in [0.1, 0.15) is 18.0 Å². The predicted octanol–water partition coefficient (Wildman–Crippen LogP) is 4.93. The van der Waals surface area contributed by atoms with E-state index in [1.165, 1.54) is 11.6 Å². The van der Waals surface area contributed by atoms with E-state index in [4.69, 9.17) is 4.74 Å². The van der Waals surface area contributed by atoms with Crippen LogP contribution in [0, 0.1) is 17.0 Å². The van der Waals surface area contributed by atoms with E-state index < -0.39 is 4.92 Å². The van der Waals surface area contributed by atoms with Gasteiger partial charge in [-0.15, -0.1) is 0 Å². The third kappa shape index (κ3) is 5.15. The van der Waals surface area contributed by atoms with Crippen molar-refractivity contribution in [3.05, 3.63) is 99.6 Å². The van der Waals surface area contributed by atoms with E-state index in [9.17, 15) is 10.1 Å². The Bertz CT molecular complexity index is 936. The van der Waals surface area contributed by atoms with Gasteiger partial charge < -0.3 is 4.74 Å². The number of hydrogen-bond acceptors (Lipinski definition) is 5. The second-order valence-corrected chi connectivity index (χ2v) is 5.99. The first kappa shape index (κ1) is 18.1. The van der Waals surface area contributed by atoms with Gasteiger partial charge in [0.15, 0.2) is 0 Å². The van der Waals surface area contributed by atoms with Gasteiger partial charge in [0.25, 0.3) is 5.69 Å². The van der Waals surface area contributed by atoms with Crippen LogP contribution >= 0.6 is 0 Å². The molecule has 0 unspecified atom stereocenters. The molecule has 0 aliphatic rings. The average Bonchev–Trinajstić information content (AvgIpc) is 2.69. The van der Waals surface area contributed by atoms with Crippen molar-refractivity contribution >= 4 is 17.6 Å². The topological polar surface area (TPSA) is 76.8 Å². The maximum atomic E-state index is 11.0. The molecule has 0 spiro atoms. The monoisotopic (exact) mass is 361 g/mol. The highest BCUT2D eigenvalue weighted by Crippen LogP contribution is 2.23. The van der Waals surface area contributed by atoms with Crippen molar-refractivity contribution in [2.45, 2.75) is 13.5 Å². The molecule has 3 aromatic carbocycles. The largest absolute Gasteiger partial charge is 0.489 e. The maximum Gasteiger partial charge on any atom is 0.294 e. The third-order valence-electron chi connectivity index (χ3n) is 3.91. The summed E-state index contributed by atoms with van der Waals surface area (Å²) in [6.07, 6.45) is 1.60. The Morgan fingerprint density at radius 2 is 1.74 bits per heavy atom. The summed E-state index contributed by atoms with van der Waals surface area (Å²) < 4.78 is 5.77. The van der Waals surface area contributed by atoms with Crippen LogP contribution in [0.1, 0.15) is 16.7 Å². The van der Waals surface area contributed by atoms with Gasteiger partial charge in [0.2, 0.25) is 0 Å². The summed E-state index contributed by atoms with van der Waals surface area (Å²) in [6.45, 7) is 2.56. The van der Waals surface area contributed by atoms with Crippen LogP contribution < -0.4 is 10.2 Å². The second-order valence-electron chi connectivity index (χ2n) is 5.99. The quantitative estimate of drug-likeness (QED) is 0.368. The number of ether oxygens (including phenoxy) is 1. The van der Waals surface area contributed by atoms with Crippen molar-refractivity contribution in [1.82, 2.24) is 0 Å². The molecule has 3 rings (SSSR count). The van der Waals surface area contributed by atoms with Crippen molar-refractivity contribution in [2.75, 3.05) is 5.43 Å². The van der Waals surface area contributed by atoms with E-state index >= 15 is 0 Å². The molecule has 0 amide bonds. The standard InChI is InChI=1S/C21H19N3O3/c1-16-6-8-18(9-7-16)15-27-19-12-10-17(11-13-19)14-22-23-20-4-2-3-5-21(20)24(25)26/h2-14,23H,15H2,1H3/b22-14-. The summed E-state index contributed by atoms with van der Waals surface area (Å²) in [5.74, 6) is 0.763. The van der Waals surface area contributed by atoms with Gasteiger partial charge in [-0.1, -0.05) is 42.0 Å². The maximum absolute atomic E-state index is 11.0. The van der Waals surface area contributed by atoms with Crippen molar-refractivity contribution in [3.8, 4) is 5.75 Å². The number of anilines is 1. The molecule has 3 aromatic rings. The van der Waals surface area contributed by atoms with Crippen LogP contribution in [0.3, 0.4) is 0 Å². The molecule has 0 radical (unpaired) electrons. The second kappa shape index (κ2) is 8.62. The predicted molar refractivity (Wildman–Crippen MR) is 106 cm³/mol. The van der Waals surface area contributed by atoms with E-state index in [2.05, 4.69) is 29.6 Å². The molecule has 0 saturated carbocycles. The number of nitro benzene ring substituents is 1. The number of rotatable bonds is 7. The number of hydrogen-bond donors (Lipinski definition) is 1. The first-order valence-corrected chi connectivity index (χ1v) is 8.43. The van der Waals surface area contributed by atoms with E-state index in [1.54, 1.807) is 24.4 Å². The zero-order chi connectivity index (χ0) is 19.1. The number of nitrogens with zero attached hydrogens (tertiary/aromatic N) is 2. The molecule has 0 aliphatic heterocycles. The van der Waals surface area contributed by atoms with Crippen molar-refractivity contribution in [3.63, 3.8) is 0 Å². The molecule has 27 heavy (non-hydrogen) atoms. The molecule has 0 aliphatic carbocycles. The lowest BCUT2D eigenvalue weighted by molar-refractivity contribution is -0.384. The Kier molecular flexibility index (Phi) is 5.79. The Morgan fingerprint density at radius 1 is 1.04 bits per heavy atom. The van der Waals surface area contributed by atoms with Gasteiger partial charge in [0, 0.05) is 6.07 Å². The van der Waals surface area contributed by atoms with E-state index in [1.807, 2.05) is 36.4 Å². The molecule has 0 fully saturated rings. The smallest absolute Gasteiger partial charge is 0.294 e. The first-order chi connectivity index (χ1) is 13.1. The fraction of sp³-hybridized carbons (Fsp3) is 0.0952. The molecular formula is C21H19N3O3. The van der Waals surface area contributed by atoms with Crippen LogP contribution in [0.4, 0.5) is 11.4 Å². The van der Waals surface area contributed by atoms with Crippen LogP contribution in [0.5, 0.6) is 5.75 Å². The van der Waals surface area contributed by atoms with E-state index in [0.717, 1.165) is 16.9 Å². The van der Waals surface area contributed by atoms with E-state index in [0.29, 0.717) is 12.3 Å². The third-order valence-corrected chi connectivity index (χ3v) is 3.91. The zero-order valence-electron chi connectivity index (χ0n) is 14.8. The summed E-state index contributed by atoms with van der Waals surface area (Å²) in [6, 6.07) is 22.0. The molecule has 6 nitrogen and oxygen atoms in total. The summed E-state index contributed by atoms with van der Waals surface area (Å²) >= 11 is 0. The summed E-state index contributed by atoms with van der Waals surface area (Å²) in [4.78, 5) is 10.5. The minimum Gasteiger partial charge on any atom is -0.489 e. The SMILES string of the molecule is Cc1ccc(COc2ccc(/C=N\Nc3ccccc3[N+](=O)[O-])cc2)cc1. The fourth-order valence-corrected chi connectivity index (χ4v) is 2.40. The first-order valence-electron chi connectivity index (χ1n) is 8.43. The number of hydrazone groups is 1. The van der Waals surface area contributed by atoms with Gasteiger partial charge in [-0.3, -0.25) is 15.5 Å². The zero-order valence-corrected chi connectivity index (χ0v) is 14.8. The van der Waals surface area contributed by atoms with Gasteiger partial charge in [-0.05, 0) is 48.4 Å². The van der Waals surface area contributed by atoms with Crippen LogP contribution in [-0.4, -0.2) is 11.1 Å². The molecular weight excluding hydrogens is 342 g/mol. The van der Waals surface area contributed by atoms with E-state index in [-0.39, 0.29) is 5.69 Å². The Morgan fingerprint density at radius 3 is 2.44 bits per heavy atom. The highest BCUT2D eigenvalue weighted by Gasteiger charge is 2.10. The molecule has 0 aromatic heterocycles. The Balaban J connectivity index is 1.56. The lowest BCUT2D eigenvalue weighted by atomic mass is 10.2. The highest BCUT2D eigenvalue weighted by atomic mass is 16.6. The molecule has 1 N–H and O–H groups in total. The van der Waals surface area contributed by atoms with Gasteiger partial charge in [-0.25, -0.2) is 0 Å². The molecule has 6 heteroatoms. The lowest BCUT2D eigenvalue weighted by Gasteiger charge is -2.07. The number of aryl methyl sites for hydroxylation is 1. The molecule has 0 atom stereocenters. The van der Waals surface area contributed by atoms with Gasteiger partial charge in [0.05, 0.1) is 11.1 Å². The summed E-state index contributed by atoms with van der Waals surface area (Å²) in [5.41, 5.74) is 6.21. The van der Waals surface area contributed by atoms with Crippen molar-refractivity contribution in [1.29, 1.82) is 0 Å². The number of para-hydroxylation sites is 2. The molecule has 0 heterocycles. The van der Waals surface area contributed by atoms with Gasteiger partial charge in [-0.2, -0.15) is 5.10 Å². The average molecular weight is 361 g/mol. The number of nitro groups is 1. The normalized spacial score (nSPS) is 10.7. The minimum atomic E-state index is -0.446. The molecule has 0 saturated heterocycles. The lowest BCUT2D eigenvalue weighted by Crippen LogP contribution is -1.97. The minimum absolute atomic E-state index is 0.0190. The Hall–Kier alpha value is -3.67. The van der Waals surface area contributed by atoms with Crippen LogP contribution in [0.25, 0.3) is 0 Å². The summed E-state index contributed by atoms with van der Waals surface area (Å²) in [7, 11) is 0. The van der Waals surface area contributed by atoms with Crippen LogP contribution in [-0.2, 0) is 6.61 Å². The van der Waals surface area contributed by atoms with Crippen molar-refractivity contribution < 1.29 is 9.66 Å². The summed E-state index contributed by atoms with van der Waals surface area (Å²) in [5, 5.41) is 15.0. The molecule has 0 bridgehead atoms. The number of benzene rings is 3.